The van der Waals surface area contributed by atoms with Gasteiger partial charge >= 0.3 is 6.03 Å². The molecule has 6 heteroatoms. The Balaban J connectivity index is 2.03. The molecule has 5 nitrogen and oxygen atoms in total. The second kappa shape index (κ2) is 5.77. The van der Waals surface area contributed by atoms with Crippen molar-refractivity contribution in [1.29, 1.82) is 0 Å². The van der Waals surface area contributed by atoms with E-state index in [4.69, 9.17) is 0 Å². The molecule has 0 aliphatic carbocycles. The molecule has 0 radical (unpaired) electrons. The summed E-state index contributed by atoms with van der Waals surface area (Å²) in [5.41, 5.74) is 0. The van der Waals surface area contributed by atoms with E-state index in [0.29, 0.717) is 0 Å². The van der Waals surface area contributed by atoms with Gasteiger partial charge in [0, 0.05) is 45.3 Å². The number of anilines is 1. The van der Waals surface area contributed by atoms with Crippen LogP contribution in [0.3, 0.4) is 0 Å². The molecule has 1 fully saturated rings. The standard InChI is InChI=1S/C13H22N4OS/c1-10-8-14-12(19-10)17-7-5-6-11(9-17)16(4)13(18)15(2)3/h8,11H,5-7,9H2,1-4H3. The number of nitrogens with zero attached hydrogens (tertiary/aromatic N) is 4. The summed E-state index contributed by atoms with van der Waals surface area (Å²) >= 11 is 1.72. The van der Waals surface area contributed by atoms with Crippen molar-refractivity contribution < 1.29 is 4.79 Å². The molecule has 1 saturated heterocycles. The fraction of sp³-hybridized carbons (Fsp3) is 0.692. The van der Waals surface area contributed by atoms with Crippen LogP contribution in [0.1, 0.15) is 17.7 Å². The first-order valence-electron chi connectivity index (χ1n) is 6.60. The Morgan fingerprint density at radius 1 is 1.47 bits per heavy atom. The Morgan fingerprint density at radius 2 is 2.21 bits per heavy atom. The van der Waals surface area contributed by atoms with Gasteiger partial charge in [0.2, 0.25) is 0 Å². The second-order valence-electron chi connectivity index (χ2n) is 5.28. The van der Waals surface area contributed by atoms with E-state index in [0.717, 1.165) is 31.1 Å². The molecular formula is C13H22N4OS. The highest BCUT2D eigenvalue weighted by Gasteiger charge is 2.27. The molecule has 1 aliphatic heterocycles. The molecule has 1 aliphatic rings. The fourth-order valence-corrected chi connectivity index (χ4v) is 3.20. The van der Waals surface area contributed by atoms with Crippen LogP contribution in [0.4, 0.5) is 9.93 Å². The predicted molar refractivity (Wildman–Crippen MR) is 78.9 cm³/mol. The summed E-state index contributed by atoms with van der Waals surface area (Å²) < 4.78 is 0. The van der Waals surface area contributed by atoms with Gasteiger partial charge in [-0.3, -0.25) is 0 Å². The molecule has 2 heterocycles. The molecule has 2 rings (SSSR count). The predicted octanol–water partition coefficient (Wildman–Crippen LogP) is 2.03. The van der Waals surface area contributed by atoms with Gasteiger partial charge in [-0.1, -0.05) is 0 Å². The maximum Gasteiger partial charge on any atom is 0.319 e. The maximum atomic E-state index is 12.0. The third kappa shape index (κ3) is 3.18. The summed E-state index contributed by atoms with van der Waals surface area (Å²) in [5, 5.41) is 1.08. The molecule has 0 bridgehead atoms. The number of aromatic nitrogens is 1. The van der Waals surface area contributed by atoms with Gasteiger partial charge in [0.15, 0.2) is 5.13 Å². The third-order valence-corrected chi connectivity index (χ3v) is 4.48. The number of hydrogen-bond acceptors (Lipinski definition) is 4. The van der Waals surface area contributed by atoms with Crippen LogP contribution >= 0.6 is 11.3 Å². The lowest BCUT2D eigenvalue weighted by atomic mass is 10.1. The average molecular weight is 282 g/mol. The second-order valence-corrected chi connectivity index (χ2v) is 6.50. The number of carbonyl (C=O) groups is 1. The topological polar surface area (TPSA) is 39.7 Å². The lowest BCUT2D eigenvalue weighted by Gasteiger charge is -2.38. The normalized spacial score (nSPS) is 19.4. The van der Waals surface area contributed by atoms with Crippen molar-refractivity contribution in [3.63, 3.8) is 0 Å². The van der Waals surface area contributed by atoms with E-state index >= 15 is 0 Å². The van der Waals surface area contributed by atoms with Gasteiger partial charge in [-0.2, -0.15) is 0 Å². The first-order chi connectivity index (χ1) is 8.99. The van der Waals surface area contributed by atoms with Crippen LogP contribution in [0.25, 0.3) is 0 Å². The first-order valence-corrected chi connectivity index (χ1v) is 7.42. The molecule has 1 aromatic heterocycles. The number of urea groups is 1. The highest BCUT2D eigenvalue weighted by Crippen LogP contribution is 2.26. The van der Waals surface area contributed by atoms with Gasteiger partial charge in [0.25, 0.3) is 0 Å². The number of hydrogen-bond donors (Lipinski definition) is 0. The van der Waals surface area contributed by atoms with Crippen LogP contribution in [0.2, 0.25) is 0 Å². The van der Waals surface area contributed by atoms with E-state index in [2.05, 4.69) is 16.8 Å². The van der Waals surface area contributed by atoms with Crippen LogP contribution in [0.5, 0.6) is 0 Å². The van der Waals surface area contributed by atoms with E-state index < -0.39 is 0 Å². The Hall–Kier alpha value is -1.30. The molecule has 1 aromatic rings. The van der Waals surface area contributed by atoms with Gasteiger partial charge in [-0.25, -0.2) is 9.78 Å². The van der Waals surface area contributed by atoms with E-state index in [1.54, 1.807) is 30.3 Å². The molecule has 0 aromatic carbocycles. The molecule has 1 unspecified atom stereocenters. The number of rotatable bonds is 2. The summed E-state index contributed by atoms with van der Waals surface area (Å²) in [6.07, 6.45) is 4.09. The Bertz CT molecular complexity index is 446. The van der Waals surface area contributed by atoms with Crippen molar-refractivity contribution in [1.82, 2.24) is 14.8 Å². The zero-order valence-corrected chi connectivity index (χ0v) is 12.9. The minimum absolute atomic E-state index is 0.0715. The van der Waals surface area contributed by atoms with Crippen molar-refractivity contribution in [3.05, 3.63) is 11.1 Å². The lowest BCUT2D eigenvalue weighted by Crippen LogP contribution is -2.51. The SMILES string of the molecule is Cc1cnc(N2CCCC(N(C)C(=O)N(C)C)C2)s1. The molecule has 1 atom stereocenters. The van der Waals surface area contributed by atoms with Crippen LogP contribution in [0.15, 0.2) is 6.20 Å². The third-order valence-electron chi connectivity index (χ3n) is 3.51. The molecule has 106 valence electrons. The maximum absolute atomic E-state index is 12.0. The average Bonchev–Trinajstić information content (AvgIpc) is 2.84. The van der Waals surface area contributed by atoms with E-state index in [-0.39, 0.29) is 12.1 Å². The number of amides is 2. The largest absolute Gasteiger partial charge is 0.346 e. The minimum Gasteiger partial charge on any atom is -0.346 e. The Morgan fingerprint density at radius 3 is 2.79 bits per heavy atom. The van der Waals surface area contributed by atoms with Crippen molar-refractivity contribution in [3.8, 4) is 0 Å². The van der Waals surface area contributed by atoms with Gasteiger partial charge in [0.05, 0.1) is 6.04 Å². The molecule has 2 amide bonds. The molecule has 0 saturated carbocycles. The van der Waals surface area contributed by atoms with Crippen LogP contribution in [-0.4, -0.2) is 61.1 Å². The van der Waals surface area contributed by atoms with Crippen LogP contribution in [-0.2, 0) is 0 Å². The van der Waals surface area contributed by atoms with Crippen molar-refractivity contribution >= 4 is 22.5 Å². The van der Waals surface area contributed by atoms with E-state index in [1.165, 1.54) is 4.88 Å². The zero-order chi connectivity index (χ0) is 14.0. The van der Waals surface area contributed by atoms with Gasteiger partial charge < -0.3 is 14.7 Å². The highest BCUT2D eigenvalue weighted by molar-refractivity contribution is 7.15. The van der Waals surface area contributed by atoms with Crippen molar-refractivity contribution in [2.75, 3.05) is 39.1 Å². The number of likely N-dealkylation sites (N-methyl/N-ethyl adjacent to an activating group) is 1. The number of carbonyl (C=O) groups excluding carboxylic acids is 1. The van der Waals surface area contributed by atoms with Gasteiger partial charge in [0.1, 0.15) is 0 Å². The molecule has 0 spiro atoms. The zero-order valence-electron chi connectivity index (χ0n) is 12.1. The summed E-state index contributed by atoms with van der Waals surface area (Å²) in [5.74, 6) is 0. The monoisotopic (exact) mass is 282 g/mol. The Labute approximate surface area is 118 Å². The summed E-state index contributed by atoms with van der Waals surface area (Å²) in [6, 6.07) is 0.343. The Kier molecular flexibility index (Phi) is 4.29. The number of aryl methyl sites for hydroxylation is 1. The summed E-state index contributed by atoms with van der Waals surface area (Å²) in [7, 11) is 5.48. The van der Waals surface area contributed by atoms with Crippen molar-refractivity contribution in [2.24, 2.45) is 0 Å². The van der Waals surface area contributed by atoms with Crippen LogP contribution in [0, 0.1) is 6.92 Å². The highest BCUT2D eigenvalue weighted by atomic mass is 32.1. The number of thiazole rings is 1. The van der Waals surface area contributed by atoms with E-state index in [1.807, 2.05) is 18.1 Å². The lowest BCUT2D eigenvalue weighted by molar-refractivity contribution is 0.157. The minimum atomic E-state index is 0.0715. The van der Waals surface area contributed by atoms with Gasteiger partial charge in [-0.15, -0.1) is 11.3 Å². The molecular weight excluding hydrogens is 260 g/mol. The fourth-order valence-electron chi connectivity index (χ4n) is 2.41. The molecule has 19 heavy (non-hydrogen) atoms. The van der Waals surface area contributed by atoms with Crippen molar-refractivity contribution in [2.45, 2.75) is 25.8 Å². The smallest absolute Gasteiger partial charge is 0.319 e. The summed E-state index contributed by atoms with van der Waals surface area (Å²) in [6.45, 7) is 3.99. The number of piperidine rings is 1. The van der Waals surface area contributed by atoms with Gasteiger partial charge in [-0.05, 0) is 19.8 Å². The summed E-state index contributed by atoms with van der Waals surface area (Å²) in [4.78, 5) is 23.5. The molecule has 0 N–H and O–H groups in total. The van der Waals surface area contributed by atoms with Crippen LogP contribution < -0.4 is 4.90 Å². The first kappa shape index (κ1) is 14.1. The van der Waals surface area contributed by atoms with E-state index in [9.17, 15) is 4.79 Å². The quantitative estimate of drug-likeness (QED) is 0.833.